The van der Waals surface area contributed by atoms with Gasteiger partial charge in [-0.15, -0.1) is 0 Å². The summed E-state index contributed by atoms with van der Waals surface area (Å²) in [5, 5.41) is 9.21. The van der Waals surface area contributed by atoms with E-state index in [4.69, 9.17) is 0 Å². The Kier molecular flexibility index (Phi) is 2.96. The van der Waals surface area contributed by atoms with E-state index in [0.717, 1.165) is 22.3 Å². The van der Waals surface area contributed by atoms with E-state index in [9.17, 15) is 9.90 Å². The lowest BCUT2D eigenvalue weighted by molar-refractivity contribution is 0.0698. The van der Waals surface area contributed by atoms with Crippen LogP contribution in [-0.2, 0) is 0 Å². The third-order valence-corrected chi connectivity index (χ3v) is 2.91. The van der Waals surface area contributed by atoms with Crippen molar-refractivity contribution in [3.05, 3.63) is 59.2 Å². The minimum atomic E-state index is -0.886. The van der Waals surface area contributed by atoms with Gasteiger partial charge in [-0.2, -0.15) is 0 Å². The average molecular weight is 226 g/mol. The van der Waals surface area contributed by atoms with E-state index < -0.39 is 5.97 Å². The van der Waals surface area contributed by atoms with Gasteiger partial charge in [-0.3, -0.25) is 0 Å². The first-order valence-corrected chi connectivity index (χ1v) is 5.50. The van der Waals surface area contributed by atoms with Crippen molar-refractivity contribution in [2.24, 2.45) is 0 Å². The van der Waals surface area contributed by atoms with Gasteiger partial charge in [-0.1, -0.05) is 36.4 Å². The number of aromatic carboxylic acids is 1. The zero-order valence-corrected chi connectivity index (χ0v) is 9.90. The highest BCUT2D eigenvalue weighted by atomic mass is 16.4. The highest BCUT2D eigenvalue weighted by molar-refractivity contribution is 5.96. The van der Waals surface area contributed by atoms with Crippen molar-refractivity contribution in [1.82, 2.24) is 0 Å². The van der Waals surface area contributed by atoms with Crippen LogP contribution in [0.15, 0.2) is 42.5 Å². The van der Waals surface area contributed by atoms with E-state index in [1.54, 1.807) is 12.1 Å². The summed E-state index contributed by atoms with van der Waals surface area (Å²) in [6.45, 7) is 4.00. The molecule has 2 aromatic rings. The maximum absolute atomic E-state index is 11.2. The largest absolute Gasteiger partial charge is 0.478 e. The maximum atomic E-state index is 11.2. The van der Waals surface area contributed by atoms with Crippen LogP contribution in [0.25, 0.3) is 11.1 Å². The molecule has 2 nitrogen and oxygen atoms in total. The van der Waals surface area contributed by atoms with Crippen LogP contribution in [0.3, 0.4) is 0 Å². The number of carboxylic acids is 1. The Morgan fingerprint density at radius 3 is 2.12 bits per heavy atom. The zero-order valence-electron chi connectivity index (χ0n) is 9.90. The number of hydrogen-bond acceptors (Lipinski definition) is 1. The quantitative estimate of drug-likeness (QED) is 0.848. The maximum Gasteiger partial charge on any atom is 0.336 e. The van der Waals surface area contributed by atoms with E-state index in [1.807, 2.05) is 44.2 Å². The van der Waals surface area contributed by atoms with Crippen molar-refractivity contribution in [2.75, 3.05) is 0 Å². The van der Waals surface area contributed by atoms with Gasteiger partial charge in [0.15, 0.2) is 0 Å². The van der Waals surface area contributed by atoms with Crippen LogP contribution >= 0.6 is 0 Å². The minimum Gasteiger partial charge on any atom is -0.478 e. The first-order valence-electron chi connectivity index (χ1n) is 5.50. The molecule has 2 aromatic carbocycles. The number of rotatable bonds is 2. The average Bonchev–Trinajstić information content (AvgIpc) is 2.29. The number of hydrogen-bond donors (Lipinski definition) is 1. The molecule has 0 aliphatic carbocycles. The highest BCUT2D eigenvalue weighted by Gasteiger charge is 2.13. The molecule has 0 spiro atoms. The predicted molar refractivity (Wildman–Crippen MR) is 68.3 cm³/mol. The van der Waals surface area contributed by atoms with E-state index in [1.165, 1.54) is 0 Å². The second kappa shape index (κ2) is 4.42. The molecular formula is C15H14O2. The Labute approximate surface area is 101 Å². The van der Waals surface area contributed by atoms with Crippen molar-refractivity contribution in [3.63, 3.8) is 0 Å². The number of benzene rings is 2. The lowest BCUT2D eigenvalue weighted by Gasteiger charge is -2.12. The number of carbonyl (C=O) groups is 1. The lowest BCUT2D eigenvalue weighted by atomic mass is 9.92. The fourth-order valence-corrected chi connectivity index (χ4v) is 2.13. The third kappa shape index (κ3) is 2.07. The molecule has 17 heavy (non-hydrogen) atoms. The fraction of sp³-hybridized carbons (Fsp3) is 0.133. The standard InChI is InChI=1S/C15H14O2/c1-10-6-5-7-11(2)14(10)12-8-3-4-9-13(12)15(16)17/h3-9H,1-2H3,(H,16,17). The Morgan fingerprint density at radius 1 is 0.941 bits per heavy atom. The summed E-state index contributed by atoms with van der Waals surface area (Å²) >= 11 is 0. The van der Waals surface area contributed by atoms with Gasteiger partial charge in [-0.25, -0.2) is 4.79 Å². The van der Waals surface area contributed by atoms with E-state index in [2.05, 4.69) is 0 Å². The molecule has 2 heteroatoms. The number of aryl methyl sites for hydroxylation is 2. The zero-order chi connectivity index (χ0) is 12.4. The van der Waals surface area contributed by atoms with Gasteiger partial charge in [0.25, 0.3) is 0 Å². The van der Waals surface area contributed by atoms with Gasteiger partial charge >= 0.3 is 5.97 Å². The Balaban J connectivity index is 2.73. The van der Waals surface area contributed by atoms with Crippen molar-refractivity contribution in [1.29, 1.82) is 0 Å². The van der Waals surface area contributed by atoms with Crippen LogP contribution in [0.5, 0.6) is 0 Å². The van der Waals surface area contributed by atoms with Crippen LogP contribution < -0.4 is 0 Å². The van der Waals surface area contributed by atoms with Gasteiger partial charge in [-0.05, 0) is 42.2 Å². The van der Waals surface area contributed by atoms with Gasteiger partial charge in [0, 0.05) is 0 Å². The molecule has 0 bridgehead atoms. The van der Waals surface area contributed by atoms with Gasteiger partial charge in [0.2, 0.25) is 0 Å². The topological polar surface area (TPSA) is 37.3 Å². The molecule has 0 heterocycles. The number of carboxylic acid groups (broad SMARTS) is 1. The van der Waals surface area contributed by atoms with Crippen molar-refractivity contribution < 1.29 is 9.90 Å². The highest BCUT2D eigenvalue weighted by Crippen LogP contribution is 2.29. The molecule has 0 aliphatic heterocycles. The first kappa shape index (κ1) is 11.4. The molecule has 2 rings (SSSR count). The second-order valence-electron chi connectivity index (χ2n) is 4.12. The summed E-state index contributed by atoms with van der Waals surface area (Å²) in [5.74, 6) is -0.886. The van der Waals surface area contributed by atoms with Gasteiger partial charge in [0.1, 0.15) is 0 Å². The molecule has 0 saturated carbocycles. The normalized spacial score (nSPS) is 10.2. The molecule has 0 radical (unpaired) electrons. The molecule has 0 fully saturated rings. The van der Waals surface area contributed by atoms with Gasteiger partial charge < -0.3 is 5.11 Å². The Morgan fingerprint density at radius 2 is 1.53 bits per heavy atom. The van der Waals surface area contributed by atoms with Crippen molar-refractivity contribution >= 4 is 5.97 Å². The monoisotopic (exact) mass is 226 g/mol. The van der Waals surface area contributed by atoms with Crippen LogP contribution in [0.2, 0.25) is 0 Å². The molecule has 0 aliphatic rings. The Hall–Kier alpha value is -2.09. The third-order valence-electron chi connectivity index (χ3n) is 2.91. The van der Waals surface area contributed by atoms with Crippen LogP contribution in [0.1, 0.15) is 21.5 Å². The van der Waals surface area contributed by atoms with Crippen LogP contribution in [0.4, 0.5) is 0 Å². The summed E-state index contributed by atoms with van der Waals surface area (Å²) in [4.78, 5) is 11.2. The van der Waals surface area contributed by atoms with Gasteiger partial charge in [0.05, 0.1) is 5.56 Å². The summed E-state index contributed by atoms with van der Waals surface area (Å²) < 4.78 is 0. The van der Waals surface area contributed by atoms with Crippen LogP contribution in [0, 0.1) is 13.8 Å². The van der Waals surface area contributed by atoms with Crippen molar-refractivity contribution in [3.8, 4) is 11.1 Å². The summed E-state index contributed by atoms with van der Waals surface area (Å²) in [7, 11) is 0. The molecule has 0 atom stereocenters. The molecule has 0 saturated heterocycles. The molecule has 0 aromatic heterocycles. The van der Waals surface area contributed by atoms with E-state index in [0.29, 0.717) is 5.56 Å². The van der Waals surface area contributed by atoms with Crippen molar-refractivity contribution in [2.45, 2.75) is 13.8 Å². The first-order chi connectivity index (χ1) is 8.11. The molecule has 1 N–H and O–H groups in total. The predicted octanol–water partition coefficient (Wildman–Crippen LogP) is 3.67. The summed E-state index contributed by atoms with van der Waals surface area (Å²) in [6, 6.07) is 13.1. The molecule has 86 valence electrons. The molecule has 0 unspecified atom stereocenters. The minimum absolute atomic E-state index is 0.352. The van der Waals surface area contributed by atoms with E-state index in [-0.39, 0.29) is 0 Å². The second-order valence-corrected chi connectivity index (χ2v) is 4.12. The smallest absolute Gasteiger partial charge is 0.336 e. The van der Waals surface area contributed by atoms with Crippen LogP contribution in [-0.4, -0.2) is 11.1 Å². The summed E-state index contributed by atoms with van der Waals surface area (Å²) in [5.41, 5.74) is 4.35. The Bertz CT molecular complexity index is 551. The lowest BCUT2D eigenvalue weighted by Crippen LogP contribution is -2.00. The van der Waals surface area contributed by atoms with E-state index >= 15 is 0 Å². The summed E-state index contributed by atoms with van der Waals surface area (Å²) in [6.07, 6.45) is 0. The SMILES string of the molecule is Cc1cccc(C)c1-c1ccccc1C(=O)O. The molecular weight excluding hydrogens is 212 g/mol. The molecule has 0 amide bonds. The fourth-order valence-electron chi connectivity index (χ4n) is 2.13.